The summed E-state index contributed by atoms with van der Waals surface area (Å²) in [5, 5.41) is 9.41. The molecular formula is C11H15NO2. The summed E-state index contributed by atoms with van der Waals surface area (Å²) in [7, 11) is 1.54. The maximum absolute atomic E-state index is 9.41. The minimum absolute atomic E-state index is 0.0875. The van der Waals surface area contributed by atoms with E-state index in [9.17, 15) is 5.11 Å². The van der Waals surface area contributed by atoms with Crippen molar-refractivity contribution in [2.24, 2.45) is 11.7 Å². The lowest BCUT2D eigenvalue weighted by molar-refractivity contribution is 0.372. The molecule has 0 radical (unpaired) electrons. The Balaban J connectivity index is 2.25. The molecule has 0 heterocycles. The second-order valence-corrected chi connectivity index (χ2v) is 3.79. The van der Waals surface area contributed by atoms with Gasteiger partial charge in [0.15, 0.2) is 11.5 Å². The summed E-state index contributed by atoms with van der Waals surface area (Å²) in [5.74, 6) is 1.28. The molecule has 1 aliphatic rings. The fraction of sp³-hybridized carbons (Fsp3) is 0.455. The van der Waals surface area contributed by atoms with Crippen molar-refractivity contribution in [2.45, 2.75) is 18.9 Å². The van der Waals surface area contributed by atoms with Gasteiger partial charge in [-0.05, 0) is 36.5 Å². The molecular weight excluding hydrogens is 178 g/mol. The van der Waals surface area contributed by atoms with Gasteiger partial charge in [0.1, 0.15) is 0 Å². The maximum Gasteiger partial charge on any atom is 0.160 e. The lowest BCUT2D eigenvalue weighted by Gasteiger charge is -2.12. The van der Waals surface area contributed by atoms with Gasteiger partial charge >= 0.3 is 0 Å². The number of phenolic OH excluding ortho intramolecular Hbond substituents is 1. The largest absolute Gasteiger partial charge is 0.504 e. The van der Waals surface area contributed by atoms with Crippen molar-refractivity contribution >= 4 is 0 Å². The number of hydrogen-bond donors (Lipinski definition) is 2. The van der Waals surface area contributed by atoms with Crippen LogP contribution in [0.2, 0.25) is 0 Å². The molecule has 1 aromatic carbocycles. The third kappa shape index (κ3) is 1.68. The monoisotopic (exact) mass is 193 g/mol. The molecule has 0 unspecified atom stereocenters. The molecule has 3 nitrogen and oxygen atoms in total. The van der Waals surface area contributed by atoms with Crippen LogP contribution in [0.15, 0.2) is 18.2 Å². The van der Waals surface area contributed by atoms with E-state index in [4.69, 9.17) is 10.5 Å². The number of ether oxygens (including phenoxy) is 1. The lowest BCUT2D eigenvalue weighted by Crippen LogP contribution is -2.12. The smallest absolute Gasteiger partial charge is 0.160 e. The van der Waals surface area contributed by atoms with Crippen LogP contribution in [0.1, 0.15) is 24.4 Å². The topological polar surface area (TPSA) is 55.5 Å². The number of aromatic hydroxyl groups is 1. The molecule has 1 atom stereocenters. The van der Waals surface area contributed by atoms with Gasteiger partial charge in [-0.3, -0.25) is 0 Å². The van der Waals surface area contributed by atoms with Crippen LogP contribution in [0.5, 0.6) is 11.5 Å². The van der Waals surface area contributed by atoms with E-state index < -0.39 is 0 Å². The Labute approximate surface area is 83.5 Å². The van der Waals surface area contributed by atoms with E-state index in [-0.39, 0.29) is 11.8 Å². The summed E-state index contributed by atoms with van der Waals surface area (Å²) in [6.07, 6.45) is 2.43. The van der Waals surface area contributed by atoms with Gasteiger partial charge in [0.2, 0.25) is 0 Å². The zero-order valence-electron chi connectivity index (χ0n) is 8.23. The Hall–Kier alpha value is -1.22. The summed E-state index contributed by atoms with van der Waals surface area (Å²) in [5.41, 5.74) is 7.08. The Morgan fingerprint density at radius 3 is 2.79 bits per heavy atom. The van der Waals surface area contributed by atoms with Crippen LogP contribution < -0.4 is 10.5 Å². The Morgan fingerprint density at radius 2 is 2.21 bits per heavy atom. The van der Waals surface area contributed by atoms with Crippen molar-refractivity contribution in [1.82, 2.24) is 0 Å². The van der Waals surface area contributed by atoms with E-state index in [0.29, 0.717) is 11.7 Å². The van der Waals surface area contributed by atoms with Gasteiger partial charge in [0.05, 0.1) is 7.11 Å². The first kappa shape index (κ1) is 9.34. The normalized spacial score (nSPS) is 17.9. The van der Waals surface area contributed by atoms with Crippen LogP contribution in [-0.2, 0) is 0 Å². The van der Waals surface area contributed by atoms with Gasteiger partial charge in [-0.25, -0.2) is 0 Å². The second kappa shape index (κ2) is 3.50. The predicted molar refractivity (Wildman–Crippen MR) is 54.3 cm³/mol. The molecule has 1 aliphatic carbocycles. The van der Waals surface area contributed by atoms with Crippen molar-refractivity contribution in [1.29, 1.82) is 0 Å². The summed E-state index contributed by atoms with van der Waals surface area (Å²) in [6.45, 7) is 0. The summed E-state index contributed by atoms with van der Waals surface area (Å²) >= 11 is 0. The van der Waals surface area contributed by atoms with Gasteiger partial charge < -0.3 is 15.6 Å². The minimum atomic E-state index is 0.0875. The lowest BCUT2D eigenvalue weighted by atomic mass is 10.0. The SMILES string of the molecule is COc1cc([C@H](N)C2CC2)ccc1O. The van der Waals surface area contributed by atoms with Gasteiger partial charge in [-0.2, -0.15) is 0 Å². The quantitative estimate of drug-likeness (QED) is 0.769. The molecule has 0 bridgehead atoms. The Bertz CT molecular complexity index is 334. The van der Waals surface area contributed by atoms with Gasteiger partial charge in [0.25, 0.3) is 0 Å². The highest BCUT2D eigenvalue weighted by molar-refractivity contribution is 5.42. The fourth-order valence-electron chi connectivity index (χ4n) is 1.63. The van der Waals surface area contributed by atoms with Gasteiger partial charge in [0, 0.05) is 6.04 Å². The van der Waals surface area contributed by atoms with Crippen molar-refractivity contribution < 1.29 is 9.84 Å². The average Bonchev–Trinajstić information content (AvgIpc) is 3.01. The number of benzene rings is 1. The summed E-state index contributed by atoms with van der Waals surface area (Å²) in [4.78, 5) is 0. The Morgan fingerprint density at radius 1 is 1.50 bits per heavy atom. The second-order valence-electron chi connectivity index (χ2n) is 3.79. The molecule has 0 spiro atoms. The van der Waals surface area contributed by atoms with Crippen molar-refractivity contribution in [3.63, 3.8) is 0 Å². The molecule has 0 amide bonds. The molecule has 2 rings (SSSR count). The molecule has 1 aromatic rings. The zero-order chi connectivity index (χ0) is 10.1. The third-order valence-electron chi connectivity index (χ3n) is 2.72. The van der Waals surface area contributed by atoms with Crippen LogP contribution in [-0.4, -0.2) is 12.2 Å². The first-order valence-corrected chi connectivity index (χ1v) is 4.85. The fourth-order valence-corrected chi connectivity index (χ4v) is 1.63. The number of phenols is 1. The van der Waals surface area contributed by atoms with E-state index >= 15 is 0 Å². The highest BCUT2D eigenvalue weighted by Crippen LogP contribution is 2.41. The maximum atomic E-state index is 9.41. The van der Waals surface area contributed by atoms with Gasteiger partial charge in [-0.1, -0.05) is 6.07 Å². The average molecular weight is 193 g/mol. The minimum Gasteiger partial charge on any atom is -0.504 e. The van der Waals surface area contributed by atoms with E-state index in [0.717, 1.165) is 5.56 Å². The van der Waals surface area contributed by atoms with Crippen LogP contribution in [0, 0.1) is 5.92 Å². The third-order valence-corrected chi connectivity index (χ3v) is 2.72. The molecule has 1 saturated carbocycles. The number of rotatable bonds is 3. The molecule has 76 valence electrons. The molecule has 14 heavy (non-hydrogen) atoms. The van der Waals surface area contributed by atoms with E-state index in [2.05, 4.69) is 0 Å². The predicted octanol–water partition coefficient (Wildman–Crippen LogP) is 1.81. The molecule has 0 saturated heterocycles. The first-order chi connectivity index (χ1) is 6.72. The first-order valence-electron chi connectivity index (χ1n) is 4.85. The standard InChI is InChI=1S/C11H15NO2/c1-14-10-6-8(4-5-9(10)13)11(12)7-2-3-7/h4-7,11,13H,2-3,12H2,1H3/t11-/m1/s1. The van der Waals surface area contributed by atoms with Crippen LogP contribution in [0.3, 0.4) is 0 Å². The van der Waals surface area contributed by atoms with Crippen molar-refractivity contribution in [2.75, 3.05) is 7.11 Å². The zero-order valence-corrected chi connectivity index (χ0v) is 8.23. The van der Waals surface area contributed by atoms with Gasteiger partial charge in [-0.15, -0.1) is 0 Å². The number of nitrogens with two attached hydrogens (primary N) is 1. The van der Waals surface area contributed by atoms with Crippen LogP contribution in [0.4, 0.5) is 0 Å². The number of methoxy groups -OCH3 is 1. The highest BCUT2D eigenvalue weighted by Gasteiger charge is 2.29. The Kier molecular flexibility index (Phi) is 2.33. The summed E-state index contributed by atoms with van der Waals surface area (Å²) in [6, 6.07) is 5.40. The van der Waals surface area contributed by atoms with Crippen LogP contribution >= 0.6 is 0 Å². The molecule has 0 aliphatic heterocycles. The highest BCUT2D eigenvalue weighted by atomic mass is 16.5. The molecule has 3 heteroatoms. The molecule has 1 fully saturated rings. The van der Waals surface area contributed by atoms with Crippen molar-refractivity contribution in [3.8, 4) is 11.5 Å². The van der Waals surface area contributed by atoms with Crippen molar-refractivity contribution in [3.05, 3.63) is 23.8 Å². The molecule has 0 aromatic heterocycles. The van der Waals surface area contributed by atoms with E-state index in [1.54, 1.807) is 13.2 Å². The number of hydrogen-bond acceptors (Lipinski definition) is 3. The van der Waals surface area contributed by atoms with Crippen LogP contribution in [0.25, 0.3) is 0 Å². The van der Waals surface area contributed by atoms with E-state index in [1.807, 2.05) is 12.1 Å². The summed E-state index contributed by atoms with van der Waals surface area (Å²) < 4.78 is 5.03. The van der Waals surface area contributed by atoms with E-state index in [1.165, 1.54) is 12.8 Å². The molecule has 3 N–H and O–H groups in total.